The van der Waals surface area contributed by atoms with Gasteiger partial charge in [0.1, 0.15) is 19.8 Å². The van der Waals surface area contributed by atoms with Crippen molar-refractivity contribution in [3.8, 4) is 0 Å². The summed E-state index contributed by atoms with van der Waals surface area (Å²) in [5.74, 6) is -0.796. The maximum atomic E-state index is 12.8. The average Bonchev–Trinajstić information content (AvgIpc) is 3.39. The maximum absolute atomic E-state index is 12.8. The van der Waals surface area contributed by atoms with E-state index in [0.29, 0.717) is 17.4 Å². The van der Waals surface area contributed by atoms with E-state index in [9.17, 15) is 19.0 Å². The Kier molecular flexibility index (Phi) is 56.2. The van der Waals surface area contributed by atoms with Crippen LogP contribution >= 0.6 is 7.82 Å². The number of hydrogen-bond acceptors (Lipinski definition) is 7. The van der Waals surface area contributed by atoms with E-state index in [0.717, 1.165) is 77.0 Å². The van der Waals surface area contributed by atoms with Gasteiger partial charge in [-0.2, -0.15) is 0 Å². The van der Waals surface area contributed by atoms with Gasteiger partial charge >= 0.3 is 19.8 Å². The lowest BCUT2D eigenvalue weighted by Crippen LogP contribution is -2.37. The van der Waals surface area contributed by atoms with Gasteiger partial charge in [-0.25, -0.2) is 4.57 Å². The van der Waals surface area contributed by atoms with Crippen LogP contribution in [0.4, 0.5) is 0 Å². The number of phosphoric acid groups is 1. The van der Waals surface area contributed by atoms with E-state index in [1.165, 1.54) is 180 Å². The first-order valence-electron chi connectivity index (χ1n) is 32.2. The number of nitrogens with zero attached hydrogens (tertiary/aromatic N) is 1. The summed E-state index contributed by atoms with van der Waals surface area (Å²) in [5.41, 5.74) is 0. The van der Waals surface area contributed by atoms with E-state index in [-0.39, 0.29) is 32.0 Å². The van der Waals surface area contributed by atoms with Gasteiger partial charge in [-0.1, -0.05) is 267 Å². The number of esters is 2. The van der Waals surface area contributed by atoms with Gasteiger partial charge in [-0.05, 0) is 83.5 Å². The number of unbranched alkanes of at least 4 members (excludes halogenated alkanes) is 33. The van der Waals surface area contributed by atoms with Crippen molar-refractivity contribution < 1.29 is 42.1 Å². The number of rotatable bonds is 59. The first kappa shape index (κ1) is 74.5. The van der Waals surface area contributed by atoms with Crippen molar-refractivity contribution >= 4 is 19.8 Å². The number of ether oxygens (including phenoxy) is 2. The molecule has 0 saturated carbocycles. The molecule has 1 N–H and O–H groups in total. The summed E-state index contributed by atoms with van der Waals surface area (Å²) in [6.45, 7) is 4.33. The minimum Gasteiger partial charge on any atom is -0.462 e. The molecule has 0 bridgehead atoms. The fourth-order valence-corrected chi connectivity index (χ4v) is 9.78. The number of likely N-dealkylation sites (N-methyl/N-ethyl adjacent to an activating group) is 1. The van der Waals surface area contributed by atoms with Crippen LogP contribution in [0.2, 0.25) is 0 Å². The summed E-state index contributed by atoms with van der Waals surface area (Å²) in [5, 5.41) is 0. The van der Waals surface area contributed by atoms with Crippen molar-refractivity contribution in [3.63, 3.8) is 0 Å². The third kappa shape index (κ3) is 62.5. The van der Waals surface area contributed by atoms with Crippen LogP contribution in [0.25, 0.3) is 0 Å². The summed E-state index contributed by atoms with van der Waals surface area (Å²) in [7, 11) is 1.48. The Morgan fingerprint density at radius 3 is 1.10 bits per heavy atom. The van der Waals surface area contributed by atoms with Crippen molar-refractivity contribution in [2.75, 3.05) is 47.5 Å². The second-order valence-corrected chi connectivity index (χ2v) is 24.2. The molecule has 0 heterocycles. The summed E-state index contributed by atoms with van der Waals surface area (Å²) < 4.78 is 34.6. The highest BCUT2D eigenvalue weighted by Gasteiger charge is 2.27. The summed E-state index contributed by atoms with van der Waals surface area (Å²) in [6.07, 6.45) is 77.1. The lowest BCUT2D eigenvalue weighted by molar-refractivity contribution is -0.870. The molecule has 448 valence electrons. The molecule has 0 aromatic heterocycles. The average molecular weight is 1100 g/mol. The number of carbonyl (C=O) groups excluding carboxylic acids is 2. The second-order valence-electron chi connectivity index (χ2n) is 22.8. The number of hydrogen-bond donors (Lipinski definition) is 1. The van der Waals surface area contributed by atoms with Crippen LogP contribution in [0.1, 0.15) is 290 Å². The van der Waals surface area contributed by atoms with Gasteiger partial charge in [0.25, 0.3) is 0 Å². The molecule has 0 saturated heterocycles. The molecular formula is C67H123NO8P+. The van der Waals surface area contributed by atoms with E-state index in [1.54, 1.807) is 0 Å². The van der Waals surface area contributed by atoms with Gasteiger partial charge in [0, 0.05) is 12.8 Å². The minimum absolute atomic E-state index is 0.0301. The van der Waals surface area contributed by atoms with Crippen molar-refractivity contribution in [2.45, 2.75) is 296 Å². The van der Waals surface area contributed by atoms with Crippen LogP contribution in [0.15, 0.2) is 72.9 Å². The highest BCUT2D eigenvalue weighted by atomic mass is 31.2. The molecule has 0 radical (unpaired) electrons. The Hall–Kier alpha value is -2.55. The van der Waals surface area contributed by atoms with Gasteiger partial charge in [0.15, 0.2) is 6.10 Å². The predicted octanol–water partition coefficient (Wildman–Crippen LogP) is 20.4. The van der Waals surface area contributed by atoms with Crippen LogP contribution < -0.4 is 0 Å². The largest absolute Gasteiger partial charge is 0.472 e. The van der Waals surface area contributed by atoms with E-state index in [1.807, 2.05) is 21.1 Å². The van der Waals surface area contributed by atoms with Crippen LogP contribution in [0, 0.1) is 0 Å². The highest BCUT2D eigenvalue weighted by Crippen LogP contribution is 2.43. The Labute approximate surface area is 476 Å². The molecule has 9 nitrogen and oxygen atoms in total. The first-order chi connectivity index (χ1) is 37.5. The summed E-state index contributed by atoms with van der Waals surface area (Å²) in [4.78, 5) is 35.7. The predicted molar refractivity (Wildman–Crippen MR) is 330 cm³/mol. The number of quaternary nitrogens is 1. The molecule has 0 aliphatic carbocycles. The normalized spacial score (nSPS) is 13.7. The zero-order valence-corrected chi connectivity index (χ0v) is 51.8. The number of carbonyl (C=O) groups is 2. The van der Waals surface area contributed by atoms with Gasteiger partial charge < -0.3 is 18.9 Å². The lowest BCUT2D eigenvalue weighted by Gasteiger charge is -2.24. The molecule has 0 aromatic carbocycles. The summed E-state index contributed by atoms with van der Waals surface area (Å²) in [6, 6.07) is 0. The van der Waals surface area contributed by atoms with Crippen molar-refractivity contribution in [2.24, 2.45) is 0 Å². The molecule has 2 atom stereocenters. The fraction of sp³-hybridized carbons (Fsp3) is 0.791. The zero-order valence-electron chi connectivity index (χ0n) is 50.9. The molecule has 0 rings (SSSR count). The standard InChI is InChI=1S/C67H122NO8P/c1-6-8-10-12-14-16-18-20-22-24-26-27-28-29-30-31-32-33-34-35-36-37-38-39-40-41-42-44-46-48-50-52-54-56-58-60-67(70)76-65(64-75-77(71,72)74-62-61-68(3,4)5)63-73-66(69)59-57-55-53-51-49-47-45-43-25-23-21-19-17-15-13-11-9-7-2/h8,10,14,16-17,19-20,22-23,25-27,65H,6-7,9,11-13,15,18,21,24,28-64H2,1-5H3/p+1/b10-8-,16-14-,19-17-,22-20-,25-23-,27-26-. The van der Waals surface area contributed by atoms with Crippen LogP contribution in [-0.2, 0) is 32.7 Å². The molecule has 77 heavy (non-hydrogen) atoms. The molecule has 0 spiro atoms. The molecule has 0 aromatic rings. The zero-order chi connectivity index (χ0) is 56.3. The molecule has 2 unspecified atom stereocenters. The van der Waals surface area contributed by atoms with Gasteiger partial charge in [0.05, 0.1) is 27.7 Å². The van der Waals surface area contributed by atoms with E-state index < -0.39 is 26.5 Å². The quantitative estimate of drug-likeness (QED) is 0.0211. The van der Waals surface area contributed by atoms with Crippen LogP contribution in [0.3, 0.4) is 0 Å². The Morgan fingerprint density at radius 1 is 0.416 bits per heavy atom. The summed E-state index contributed by atoms with van der Waals surface area (Å²) >= 11 is 0. The molecule has 0 aliphatic rings. The second kappa shape index (κ2) is 58.1. The highest BCUT2D eigenvalue weighted by molar-refractivity contribution is 7.47. The van der Waals surface area contributed by atoms with Crippen molar-refractivity contribution in [1.82, 2.24) is 0 Å². The van der Waals surface area contributed by atoms with Crippen molar-refractivity contribution in [1.29, 1.82) is 0 Å². The minimum atomic E-state index is -4.39. The Bertz CT molecular complexity index is 1530. The number of phosphoric ester groups is 1. The first-order valence-corrected chi connectivity index (χ1v) is 33.7. The maximum Gasteiger partial charge on any atom is 0.472 e. The van der Waals surface area contributed by atoms with Crippen LogP contribution in [-0.4, -0.2) is 74.9 Å². The van der Waals surface area contributed by atoms with Gasteiger partial charge in [0.2, 0.25) is 0 Å². The third-order valence-electron chi connectivity index (χ3n) is 14.0. The topological polar surface area (TPSA) is 108 Å². The van der Waals surface area contributed by atoms with E-state index >= 15 is 0 Å². The van der Waals surface area contributed by atoms with E-state index in [4.69, 9.17) is 18.5 Å². The number of allylic oxidation sites excluding steroid dienone is 12. The molecule has 10 heteroatoms. The molecule has 0 aliphatic heterocycles. The molecule has 0 amide bonds. The van der Waals surface area contributed by atoms with Gasteiger partial charge in [-0.3, -0.25) is 18.6 Å². The fourth-order valence-electron chi connectivity index (χ4n) is 9.04. The third-order valence-corrected chi connectivity index (χ3v) is 15.0. The lowest BCUT2D eigenvalue weighted by atomic mass is 10.0. The van der Waals surface area contributed by atoms with E-state index in [2.05, 4.69) is 86.8 Å². The monoisotopic (exact) mass is 1100 g/mol. The van der Waals surface area contributed by atoms with Gasteiger partial charge in [-0.15, -0.1) is 0 Å². The molecular weight excluding hydrogens is 978 g/mol. The van der Waals surface area contributed by atoms with Crippen LogP contribution in [0.5, 0.6) is 0 Å². The Morgan fingerprint density at radius 2 is 0.740 bits per heavy atom. The molecule has 0 fully saturated rings. The SMILES string of the molecule is CC/C=C\C/C=C\C/C=C\C/C=C\CCCCCCCCCCCCCCCCCCCCCCCCC(=O)OC(COC(=O)CCCCCCCCC/C=C\C/C=C\CCCCCC)COP(=O)(O)OCC[N+](C)(C)C. The smallest absolute Gasteiger partial charge is 0.462 e. The Balaban J connectivity index is 4.00. The van der Waals surface area contributed by atoms with Crippen molar-refractivity contribution in [3.05, 3.63) is 72.9 Å².